The molecule has 3 aromatic carbocycles. The Morgan fingerprint density at radius 3 is 2.22 bits per heavy atom. The number of nitrogens with zero attached hydrogens (tertiary/aromatic N) is 2. The first-order valence-electron chi connectivity index (χ1n) is 10.2. The van der Waals surface area contributed by atoms with E-state index in [2.05, 4.69) is 5.32 Å². The van der Waals surface area contributed by atoms with Gasteiger partial charge in [0.05, 0.1) is 13.0 Å². The summed E-state index contributed by atoms with van der Waals surface area (Å²) >= 11 is 5.85. The van der Waals surface area contributed by atoms with Crippen LogP contribution in [0.2, 0.25) is 5.02 Å². The van der Waals surface area contributed by atoms with Crippen LogP contribution < -0.4 is 15.0 Å². The summed E-state index contributed by atoms with van der Waals surface area (Å²) in [5.74, 6) is 0.694. The Morgan fingerprint density at radius 2 is 1.56 bits per heavy atom. The Kier molecular flexibility index (Phi) is 8.11. The molecule has 6 nitrogen and oxygen atoms in total. The van der Waals surface area contributed by atoms with E-state index >= 15 is 0 Å². The Morgan fingerprint density at radius 1 is 0.906 bits per heavy atom. The van der Waals surface area contributed by atoms with Crippen molar-refractivity contribution in [2.24, 2.45) is 0 Å². The molecule has 7 heteroatoms. The van der Waals surface area contributed by atoms with E-state index in [-0.39, 0.29) is 18.4 Å². The second-order valence-corrected chi connectivity index (χ2v) is 7.75. The Hall–Kier alpha value is -3.51. The lowest BCUT2D eigenvalue weighted by atomic mass is 10.1. The predicted molar refractivity (Wildman–Crippen MR) is 129 cm³/mol. The molecule has 0 fully saturated rings. The zero-order valence-corrected chi connectivity index (χ0v) is 18.9. The van der Waals surface area contributed by atoms with Crippen molar-refractivity contribution in [3.8, 4) is 5.75 Å². The van der Waals surface area contributed by atoms with Gasteiger partial charge in [-0.05, 0) is 54.1 Å². The van der Waals surface area contributed by atoms with Gasteiger partial charge in [-0.2, -0.15) is 0 Å². The number of hydrogen-bond donors (Lipinski definition) is 1. The zero-order valence-electron chi connectivity index (χ0n) is 18.1. The standard InChI is InChI=1S/C25H26ClN3O3/c1-28(16-17-32-23-14-10-20(26)11-15-23)25(31)27-21-12-8-19(9-13-21)18-24(30)29(2)22-6-4-3-5-7-22/h3-15H,16-18H2,1-2H3,(H,27,31). The number of likely N-dealkylation sites (N-methyl/N-ethyl adjacent to an activating group) is 2. The normalized spacial score (nSPS) is 10.3. The third-order valence-corrected chi connectivity index (χ3v) is 5.19. The number of para-hydroxylation sites is 1. The van der Waals surface area contributed by atoms with Crippen molar-refractivity contribution < 1.29 is 14.3 Å². The van der Waals surface area contributed by atoms with Gasteiger partial charge < -0.3 is 19.9 Å². The van der Waals surface area contributed by atoms with Gasteiger partial charge in [-0.1, -0.05) is 41.9 Å². The van der Waals surface area contributed by atoms with Gasteiger partial charge >= 0.3 is 6.03 Å². The van der Waals surface area contributed by atoms with E-state index in [1.165, 1.54) is 0 Å². The topological polar surface area (TPSA) is 61.9 Å². The smallest absolute Gasteiger partial charge is 0.321 e. The minimum absolute atomic E-state index is 0.00611. The molecule has 0 saturated heterocycles. The van der Waals surface area contributed by atoms with Gasteiger partial charge in [0.1, 0.15) is 12.4 Å². The maximum absolute atomic E-state index is 12.5. The van der Waals surface area contributed by atoms with Gasteiger partial charge in [0, 0.05) is 30.5 Å². The van der Waals surface area contributed by atoms with Crippen LogP contribution in [-0.2, 0) is 11.2 Å². The molecule has 0 atom stereocenters. The highest BCUT2D eigenvalue weighted by Gasteiger charge is 2.12. The number of urea groups is 1. The molecule has 32 heavy (non-hydrogen) atoms. The highest BCUT2D eigenvalue weighted by atomic mass is 35.5. The number of benzene rings is 3. The fourth-order valence-corrected chi connectivity index (χ4v) is 3.07. The van der Waals surface area contributed by atoms with E-state index in [4.69, 9.17) is 16.3 Å². The van der Waals surface area contributed by atoms with Crippen molar-refractivity contribution in [3.05, 3.63) is 89.4 Å². The monoisotopic (exact) mass is 451 g/mol. The molecule has 0 radical (unpaired) electrons. The van der Waals surface area contributed by atoms with Crippen LogP contribution in [-0.4, -0.2) is 44.1 Å². The number of ether oxygens (including phenoxy) is 1. The van der Waals surface area contributed by atoms with Gasteiger partial charge in [0.2, 0.25) is 5.91 Å². The largest absolute Gasteiger partial charge is 0.492 e. The van der Waals surface area contributed by atoms with Crippen LogP contribution in [0.1, 0.15) is 5.56 Å². The highest BCUT2D eigenvalue weighted by molar-refractivity contribution is 6.30. The third kappa shape index (κ3) is 6.75. The van der Waals surface area contributed by atoms with E-state index in [9.17, 15) is 9.59 Å². The first-order chi connectivity index (χ1) is 15.4. The van der Waals surface area contributed by atoms with Crippen molar-refractivity contribution in [3.63, 3.8) is 0 Å². The first-order valence-corrected chi connectivity index (χ1v) is 10.6. The average Bonchev–Trinajstić information content (AvgIpc) is 2.81. The lowest BCUT2D eigenvalue weighted by Crippen LogP contribution is -2.34. The van der Waals surface area contributed by atoms with Crippen molar-refractivity contribution in [2.75, 3.05) is 37.5 Å². The quantitative estimate of drug-likeness (QED) is 0.519. The fourth-order valence-electron chi connectivity index (χ4n) is 2.95. The van der Waals surface area contributed by atoms with Gasteiger partial charge in [0.15, 0.2) is 0 Å². The summed E-state index contributed by atoms with van der Waals surface area (Å²) in [4.78, 5) is 28.1. The molecule has 1 N–H and O–H groups in total. The van der Waals surface area contributed by atoms with Crippen LogP contribution in [0.3, 0.4) is 0 Å². The summed E-state index contributed by atoms with van der Waals surface area (Å²) in [6, 6.07) is 23.6. The zero-order chi connectivity index (χ0) is 22.9. The SMILES string of the molecule is CN(CCOc1ccc(Cl)cc1)C(=O)Nc1ccc(CC(=O)N(C)c2ccccc2)cc1. The second kappa shape index (κ2) is 11.2. The maximum atomic E-state index is 12.5. The molecule has 3 aromatic rings. The van der Waals surface area contributed by atoms with Crippen molar-refractivity contribution in [1.29, 1.82) is 0 Å². The molecule has 0 unspecified atom stereocenters. The van der Waals surface area contributed by atoms with Crippen LogP contribution in [0.4, 0.5) is 16.2 Å². The number of carbonyl (C=O) groups excluding carboxylic acids is 2. The molecule has 3 amide bonds. The Bertz CT molecular complexity index is 1020. The molecule has 0 saturated carbocycles. The lowest BCUT2D eigenvalue weighted by Gasteiger charge is -2.19. The molecule has 0 aromatic heterocycles. The molecule has 0 aliphatic rings. The number of amides is 3. The molecule has 0 aliphatic carbocycles. The van der Waals surface area contributed by atoms with Gasteiger partial charge in [0.25, 0.3) is 0 Å². The molecule has 0 spiro atoms. The molecule has 0 heterocycles. The van der Waals surface area contributed by atoms with Crippen molar-refractivity contribution >= 4 is 34.9 Å². The van der Waals surface area contributed by atoms with Crippen LogP contribution in [0.15, 0.2) is 78.9 Å². The molecule has 3 rings (SSSR count). The summed E-state index contributed by atoms with van der Waals surface area (Å²) in [5.41, 5.74) is 2.39. The molecular weight excluding hydrogens is 426 g/mol. The average molecular weight is 452 g/mol. The number of hydrogen-bond acceptors (Lipinski definition) is 3. The highest BCUT2D eigenvalue weighted by Crippen LogP contribution is 2.16. The minimum Gasteiger partial charge on any atom is -0.492 e. The molecule has 0 bridgehead atoms. The predicted octanol–water partition coefficient (Wildman–Crippen LogP) is 5.09. The van der Waals surface area contributed by atoms with E-state index < -0.39 is 0 Å². The fraction of sp³-hybridized carbons (Fsp3) is 0.200. The van der Waals surface area contributed by atoms with E-state index in [0.717, 1.165) is 11.3 Å². The Balaban J connectivity index is 1.45. The van der Waals surface area contributed by atoms with Gasteiger partial charge in [-0.3, -0.25) is 4.79 Å². The molecule has 0 aliphatic heterocycles. The van der Waals surface area contributed by atoms with E-state index in [1.54, 1.807) is 60.3 Å². The second-order valence-electron chi connectivity index (χ2n) is 7.32. The van der Waals surface area contributed by atoms with E-state index in [1.807, 2.05) is 42.5 Å². The molecule has 166 valence electrons. The third-order valence-electron chi connectivity index (χ3n) is 4.93. The number of nitrogens with one attached hydrogen (secondary N) is 1. The van der Waals surface area contributed by atoms with Crippen molar-refractivity contribution in [2.45, 2.75) is 6.42 Å². The lowest BCUT2D eigenvalue weighted by molar-refractivity contribution is -0.117. The minimum atomic E-state index is -0.239. The number of carbonyl (C=O) groups is 2. The Labute approximate surface area is 193 Å². The summed E-state index contributed by atoms with van der Waals surface area (Å²) < 4.78 is 5.62. The number of rotatable bonds is 8. The molecular formula is C25H26ClN3O3. The van der Waals surface area contributed by atoms with Crippen LogP contribution in [0.5, 0.6) is 5.75 Å². The van der Waals surface area contributed by atoms with Crippen molar-refractivity contribution in [1.82, 2.24) is 4.90 Å². The van der Waals surface area contributed by atoms with E-state index in [0.29, 0.717) is 29.6 Å². The first kappa shape index (κ1) is 23.2. The summed E-state index contributed by atoms with van der Waals surface area (Å²) in [6.07, 6.45) is 0.279. The number of anilines is 2. The summed E-state index contributed by atoms with van der Waals surface area (Å²) in [6.45, 7) is 0.786. The number of halogens is 1. The summed E-state index contributed by atoms with van der Waals surface area (Å²) in [7, 11) is 3.46. The van der Waals surface area contributed by atoms with Crippen LogP contribution >= 0.6 is 11.6 Å². The summed E-state index contributed by atoms with van der Waals surface area (Å²) in [5, 5.41) is 3.49. The van der Waals surface area contributed by atoms with Crippen LogP contribution in [0.25, 0.3) is 0 Å². The maximum Gasteiger partial charge on any atom is 0.321 e. The van der Waals surface area contributed by atoms with Gasteiger partial charge in [-0.25, -0.2) is 4.79 Å². The van der Waals surface area contributed by atoms with Crippen LogP contribution in [0, 0.1) is 0 Å². The van der Waals surface area contributed by atoms with Gasteiger partial charge in [-0.15, -0.1) is 0 Å².